The normalized spacial score (nSPS) is 35.3. The minimum absolute atomic E-state index is 0.0448. The van der Waals surface area contributed by atoms with Crippen LogP contribution in [0.1, 0.15) is 33.6 Å². The van der Waals surface area contributed by atoms with Crippen molar-refractivity contribution in [1.82, 2.24) is 0 Å². The van der Waals surface area contributed by atoms with Gasteiger partial charge in [0, 0.05) is 5.92 Å². The van der Waals surface area contributed by atoms with Crippen molar-refractivity contribution in [2.45, 2.75) is 51.4 Å². The van der Waals surface area contributed by atoms with Crippen molar-refractivity contribution >= 4 is 5.97 Å². The van der Waals surface area contributed by atoms with Gasteiger partial charge in [-0.15, -0.1) is 0 Å². The number of ether oxygens (including phenoxy) is 3. The molecule has 0 aromatic heterocycles. The molecule has 1 fully saturated rings. The highest BCUT2D eigenvalue weighted by Gasteiger charge is 2.45. The molecular weight excluding hydrogens is 220 g/mol. The SMILES string of the molecule is COC(=O)C1=C[C@@H]2O[C@@H](C)CC[C@@H]2C(C)(C)O1. The Kier molecular flexibility index (Phi) is 3.17. The van der Waals surface area contributed by atoms with Gasteiger partial charge in [-0.1, -0.05) is 0 Å². The van der Waals surface area contributed by atoms with Crippen LogP contribution in [0.4, 0.5) is 0 Å². The van der Waals surface area contributed by atoms with Crippen LogP contribution >= 0.6 is 0 Å². The topological polar surface area (TPSA) is 44.8 Å². The summed E-state index contributed by atoms with van der Waals surface area (Å²) < 4.78 is 16.3. The molecule has 0 aliphatic carbocycles. The Bertz CT molecular complexity index is 345. The molecule has 0 N–H and O–H groups in total. The van der Waals surface area contributed by atoms with Gasteiger partial charge in [0.25, 0.3) is 0 Å². The van der Waals surface area contributed by atoms with Gasteiger partial charge in [0.15, 0.2) is 0 Å². The minimum atomic E-state index is -0.432. The van der Waals surface area contributed by atoms with Gasteiger partial charge in [0.05, 0.1) is 19.3 Å². The van der Waals surface area contributed by atoms with Crippen molar-refractivity contribution in [1.29, 1.82) is 0 Å². The summed E-state index contributed by atoms with van der Waals surface area (Å²) >= 11 is 0. The molecule has 1 saturated heterocycles. The third-order valence-electron chi connectivity index (χ3n) is 3.64. The first-order valence-corrected chi connectivity index (χ1v) is 6.08. The smallest absolute Gasteiger partial charge is 0.373 e. The largest absolute Gasteiger partial charge is 0.480 e. The van der Waals surface area contributed by atoms with Crippen LogP contribution in [0.2, 0.25) is 0 Å². The summed E-state index contributed by atoms with van der Waals surface area (Å²) in [6, 6.07) is 0. The molecule has 0 aromatic carbocycles. The molecule has 4 heteroatoms. The van der Waals surface area contributed by atoms with Gasteiger partial charge in [-0.3, -0.25) is 0 Å². The number of hydrogen-bond donors (Lipinski definition) is 0. The highest BCUT2D eigenvalue weighted by Crippen LogP contribution is 2.40. The van der Waals surface area contributed by atoms with E-state index in [-0.39, 0.29) is 23.6 Å². The van der Waals surface area contributed by atoms with Gasteiger partial charge in [-0.05, 0) is 39.7 Å². The van der Waals surface area contributed by atoms with Crippen molar-refractivity contribution < 1.29 is 19.0 Å². The zero-order chi connectivity index (χ0) is 12.6. The maximum Gasteiger partial charge on any atom is 0.373 e. The van der Waals surface area contributed by atoms with Crippen molar-refractivity contribution in [3.8, 4) is 0 Å². The average Bonchev–Trinajstić information content (AvgIpc) is 2.26. The van der Waals surface area contributed by atoms with Crippen molar-refractivity contribution in [2.75, 3.05) is 7.11 Å². The van der Waals surface area contributed by atoms with E-state index in [0.717, 1.165) is 12.8 Å². The lowest BCUT2D eigenvalue weighted by Crippen LogP contribution is -2.49. The van der Waals surface area contributed by atoms with Crippen molar-refractivity contribution in [2.24, 2.45) is 5.92 Å². The molecule has 0 spiro atoms. The molecule has 0 radical (unpaired) electrons. The molecule has 0 amide bonds. The number of carbonyl (C=O) groups excluding carboxylic acids is 1. The molecule has 3 atom stereocenters. The molecule has 96 valence electrons. The van der Waals surface area contributed by atoms with Gasteiger partial charge < -0.3 is 14.2 Å². The molecule has 0 saturated carbocycles. The summed E-state index contributed by atoms with van der Waals surface area (Å²) in [4.78, 5) is 11.5. The van der Waals surface area contributed by atoms with E-state index in [2.05, 4.69) is 6.92 Å². The fraction of sp³-hybridized carbons (Fsp3) is 0.769. The lowest BCUT2D eigenvalue weighted by Gasteiger charge is -2.46. The summed E-state index contributed by atoms with van der Waals surface area (Å²) in [5.41, 5.74) is -0.386. The van der Waals surface area contributed by atoms with E-state index in [1.807, 2.05) is 13.8 Å². The number of fused-ring (bicyclic) bond motifs is 1. The fourth-order valence-corrected chi connectivity index (χ4v) is 2.66. The Morgan fingerprint density at radius 1 is 1.47 bits per heavy atom. The van der Waals surface area contributed by atoms with Crippen LogP contribution in [-0.4, -0.2) is 30.9 Å². The lowest BCUT2D eigenvalue weighted by atomic mass is 9.78. The second-order valence-corrected chi connectivity index (χ2v) is 5.32. The van der Waals surface area contributed by atoms with Gasteiger partial charge >= 0.3 is 5.97 Å². The van der Waals surface area contributed by atoms with Crippen molar-refractivity contribution in [3.05, 3.63) is 11.8 Å². The Hall–Kier alpha value is -1.03. The molecule has 2 rings (SSSR count). The Balaban J connectivity index is 2.26. The van der Waals surface area contributed by atoms with E-state index in [9.17, 15) is 4.79 Å². The zero-order valence-corrected chi connectivity index (χ0v) is 10.9. The van der Waals surface area contributed by atoms with Crippen LogP contribution in [0.15, 0.2) is 11.8 Å². The molecule has 4 nitrogen and oxygen atoms in total. The second-order valence-electron chi connectivity index (χ2n) is 5.32. The quantitative estimate of drug-likeness (QED) is 0.658. The van der Waals surface area contributed by atoms with Gasteiger partial charge in [-0.2, -0.15) is 0 Å². The number of methoxy groups -OCH3 is 1. The van der Waals surface area contributed by atoms with Crippen LogP contribution in [0, 0.1) is 5.92 Å². The third kappa shape index (κ3) is 2.32. The van der Waals surface area contributed by atoms with Crippen LogP contribution in [0.5, 0.6) is 0 Å². The molecule has 2 aliphatic heterocycles. The van der Waals surface area contributed by atoms with E-state index >= 15 is 0 Å². The molecule has 0 aromatic rings. The molecule has 2 heterocycles. The molecule has 17 heavy (non-hydrogen) atoms. The third-order valence-corrected chi connectivity index (χ3v) is 3.64. The van der Waals surface area contributed by atoms with Gasteiger partial charge in [0.2, 0.25) is 5.76 Å². The van der Waals surface area contributed by atoms with Gasteiger partial charge in [-0.25, -0.2) is 4.79 Å². The fourth-order valence-electron chi connectivity index (χ4n) is 2.66. The van der Waals surface area contributed by atoms with E-state index in [1.54, 1.807) is 6.08 Å². The van der Waals surface area contributed by atoms with Crippen LogP contribution < -0.4 is 0 Å². The van der Waals surface area contributed by atoms with Crippen LogP contribution in [-0.2, 0) is 19.0 Å². The predicted molar refractivity (Wildman–Crippen MR) is 62.3 cm³/mol. The minimum Gasteiger partial charge on any atom is -0.480 e. The molecule has 0 unspecified atom stereocenters. The summed E-state index contributed by atoms with van der Waals surface area (Å²) in [7, 11) is 1.36. The summed E-state index contributed by atoms with van der Waals surface area (Å²) in [5, 5.41) is 0. The lowest BCUT2D eigenvalue weighted by molar-refractivity contribution is -0.162. The monoisotopic (exact) mass is 240 g/mol. The standard InChI is InChI=1S/C13H20O4/c1-8-5-6-9-10(16-8)7-11(12(14)15-4)17-13(9,2)3/h7-10H,5-6H2,1-4H3/t8-,9-,10-/m0/s1. The number of carbonyl (C=O) groups is 1. The van der Waals surface area contributed by atoms with Crippen LogP contribution in [0.3, 0.4) is 0 Å². The number of rotatable bonds is 1. The molecular formula is C13H20O4. The van der Waals surface area contributed by atoms with Crippen LogP contribution in [0.25, 0.3) is 0 Å². The first-order chi connectivity index (χ1) is 7.94. The molecule has 0 bridgehead atoms. The zero-order valence-electron chi connectivity index (χ0n) is 10.9. The Labute approximate surface area is 102 Å². The number of hydrogen-bond acceptors (Lipinski definition) is 4. The predicted octanol–water partition coefficient (Wildman–Crippen LogP) is 2.04. The number of esters is 1. The maximum absolute atomic E-state index is 11.5. The van der Waals surface area contributed by atoms with Crippen molar-refractivity contribution in [3.63, 3.8) is 0 Å². The Morgan fingerprint density at radius 3 is 2.82 bits per heavy atom. The first-order valence-electron chi connectivity index (χ1n) is 6.08. The highest BCUT2D eigenvalue weighted by molar-refractivity contribution is 5.86. The van der Waals surface area contributed by atoms with E-state index in [4.69, 9.17) is 14.2 Å². The maximum atomic E-state index is 11.5. The van der Waals surface area contributed by atoms with Gasteiger partial charge in [0.1, 0.15) is 5.60 Å². The second kappa shape index (κ2) is 4.33. The summed E-state index contributed by atoms with van der Waals surface area (Å²) in [6.45, 7) is 6.06. The summed E-state index contributed by atoms with van der Waals surface area (Å²) in [6.07, 6.45) is 4.05. The first kappa shape index (κ1) is 12.4. The van der Waals surface area contributed by atoms with E-state index in [0.29, 0.717) is 5.92 Å². The highest BCUT2D eigenvalue weighted by atomic mass is 16.6. The average molecular weight is 240 g/mol. The Morgan fingerprint density at radius 2 is 2.18 bits per heavy atom. The van der Waals surface area contributed by atoms with E-state index < -0.39 is 5.97 Å². The molecule has 2 aliphatic rings. The summed E-state index contributed by atoms with van der Waals surface area (Å²) in [5.74, 6) is 0.137. The van der Waals surface area contributed by atoms with E-state index in [1.165, 1.54) is 7.11 Å².